The summed E-state index contributed by atoms with van der Waals surface area (Å²) < 4.78 is 15.3. The molecule has 21 heavy (non-hydrogen) atoms. The fourth-order valence-corrected chi connectivity index (χ4v) is 2.05. The highest BCUT2D eigenvalue weighted by Crippen LogP contribution is 2.13. The number of carbonyl (C=O) groups is 1. The molecule has 3 heterocycles. The van der Waals surface area contributed by atoms with Crippen molar-refractivity contribution in [3.8, 4) is 0 Å². The number of aromatic nitrogens is 4. The van der Waals surface area contributed by atoms with Crippen molar-refractivity contribution in [2.45, 2.75) is 13.0 Å². The third-order valence-corrected chi connectivity index (χ3v) is 3.09. The molecule has 0 aliphatic rings. The summed E-state index contributed by atoms with van der Waals surface area (Å²) in [7, 11) is 0. The van der Waals surface area contributed by atoms with E-state index in [0.29, 0.717) is 11.5 Å². The van der Waals surface area contributed by atoms with Crippen LogP contribution in [0.3, 0.4) is 0 Å². The van der Waals surface area contributed by atoms with Gasteiger partial charge in [0.1, 0.15) is 0 Å². The van der Waals surface area contributed by atoms with Crippen molar-refractivity contribution in [3.05, 3.63) is 60.1 Å². The third kappa shape index (κ3) is 2.45. The monoisotopic (exact) mass is 285 g/mol. The Balaban J connectivity index is 1.85. The SMILES string of the molecule is CC(NC(=O)c1ccncc1F)c1nnc2ccccn12. The molecule has 3 aromatic rings. The molecule has 6 nitrogen and oxygen atoms in total. The molecule has 1 amide bonds. The number of fused-ring (bicyclic) bond motifs is 1. The molecule has 1 atom stereocenters. The Morgan fingerprint density at radius 3 is 3.00 bits per heavy atom. The lowest BCUT2D eigenvalue weighted by atomic mass is 10.2. The van der Waals surface area contributed by atoms with Gasteiger partial charge in [-0.05, 0) is 25.1 Å². The minimum Gasteiger partial charge on any atom is -0.342 e. The summed E-state index contributed by atoms with van der Waals surface area (Å²) in [5.74, 6) is -0.600. The average molecular weight is 285 g/mol. The van der Waals surface area contributed by atoms with Gasteiger partial charge in [0, 0.05) is 12.4 Å². The van der Waals surface area contributed by atoms with Crippen molar-refractivity contribution in [2.24, 2.45) is 0 Å². The molecule has 3 aromatic heterocycles. The highest BCUT2D eigenvalue weighted by molar-refractivity contribution is 5.94. The maximum absolute atomic E-state index is 13.5. The van der Waals surface area contributed by atoms with Crippen LogP contribution in [0.15, 0.2) is 42.9 Å². The number of nitrogens with zero attached hydrogens (tertiary/aromatic N) is 4. The van der Waals surface area contributed by atoms with Gasteiger partial charge in [0.25, 0.3) is 5.91 Å². The van der Waals surface area contributed by atoms with E-state index in [4.69, 9.17) is 0 Å². The van der Waals surface area contributed by atoms with Crippen molar-refractivity contribution >= 4 is 11.6 Å². The summed E-state index contributed by atoms with van der Waals surface area (Å²) in [5, 5.41) is 10.8. The second-order valence-electron chi connectivity index (χ2n) is 4.54. The second kappa shape index (κ2) is 5.28. The normalized spacial score (nSPS) is 12.3. The van der Waals surface area contributed by atoms with Gasteiger partial charge >= 0.3 is 0 Å². The van der Waals surface area contributed by atoms with E-state index < -0.39 is 17.8 Å². The van der Waals surface area contributed by atoms with Crippen molar-refractivity contribution in [1.29, 1.82) is 0 Å². The Labute approximate surface area is 119 Å². The van der Waals surface area contributed by atoms with Crippen molar-refractivity contribution < 1.29 is 9.18 Å². The van der Waals surface area contributed by atoms with Gasteiger partial charge in [-0.2, -0.15) is 0 Å². The second-order valence-corrected chi connectivity index (χ2v) is 4.54. The van der Waals surface area contributed by atoms with Crippen LogP contribution in [0.5, 0.6) is 0 Å². The van der Waals surface area contributed by atoms with E-state index in [-0.39, 0.29) is 5.56 Å². The van der Waals surface area contributed by atoms with Gasteiger partial charge in [-0.25, -0.2) is 4.39 Å². The molecule has 0 aromatic carbocycles. The molecule has 1 N–H and O–H groups in total. The van der Waals surface area contributed by atoms with E-state index in [2.05, 4.69) is 20.5 Å². The number of hydrogen-bond donors (Lipinski definition) is 1. The zero-order chi connectivity index (χ0) is 14.8. The number of rotatable bonds is 3. The van der Waals surface area contributed by atoms with Crippen LogP contribution < -0.4 is 5.32 Å². The zero-order valence-corrected chi connectivity index (χ0v) is 11.2. The minimum atomic E-state index is -0.659. The molecule has 0 saturated carbocycles. The molecule has 1 unspecified atom stereocenters. The first-order valence-electron chi connectivity index (χ1n) is 6.37. The maximum atomic E-state index is 13.5. The van der Waals surface area contributed by atoms with Crippen LogP contribution in [0.4, 0.5) is 4.39 Å². The molecule has 0 bridgehead atoms. The fraction of sp³-hybridized carbons (Fsp3) is 0.143. The molecule has 0 saturated heterocycles. The van der Waals surface area contributed by atoms with Crippen LogP contribution in [-0.4, -0.2) is 25.5 Å². The largest absolute Gasteiger partial charge is 0.342 e. The van der Waals surface area contributed by atoms with Gasteiger partial charge in [0.05, 0.1) is 17.8 Å². The van der Waals surface area contributed by atoms with Crippen molar-refractivity contribution in [1.82, 2.24) is 24.9 Å². The topological polar surface area (TPSA) is 72.2 Å². The molecule has 0 aliphatic carbocycles. The van der Waals surface area contributed by atoms with E-state index in [1.807, 2.05) is 18.2 Å². The lowest BCUT2D eigenvalue weighted by Gasteiger charge is -2.12. The van der Waals surface area contributed by atoms with Gasteiger partial charge in [-0.15, -0.1) is 10.2 Å². The molecule has 106 valence electrons. The van der Waals surface area contributed by atoms with Crippen LogP contribution in [0.1, 0.15) is 29.1 Å². The van der Waals surface area contributed by atoms with Crippen LogP contribution in [0.25, 0.3) is 5.65 Å². The molecule has 0 aliphatic heterocycles. The van der Waals surface area contributed by atoms with Crippen LogP contribution in [0, 0.1) is 5.82 Å². The molecule has 7 heteroatoms. The summed E-state index contributed by atoms with van der Waals surface area (Å²) in [6.45, 7) is 1.76. The third-order valence-electron chi connectivity index (χ3n) is 3.09. The average Bonchev–Trinajstić information content (AvgIpc) is 2.91. The first-order chi connectivity index (χ1) is 10.2. The van der Waals surface area contributed by atoms with E-state index in [1.165, 1.54) is 12.3 Å². The van der Waals surface area contributed by atoms with E-state index in [1.54, 1.807) is 17.5 Å². The summed E-state index contributed by atoms with van der Waals surface area (Å²) in [4.78, 5) is 15.7. The fourth-order valence-electron chi connectivity index (χ4n) is 2.05. The first-order valence-corrected chi connectivity index (χ1v) is 6.37. The van der Waals surface area contributed by atoms with Crippen LogP contribution >= 0.6 is 0 Å². The van der Waals surface area contributed by atoms with Crippen molar-refractivity contribution in [2.75, 3.05) is 0 Å². The van der Waals surface area contributed by atoms with E-state index in [0.717, 1.165) is 6.20 Å². The van der Waals surface area contributed by atoms with Gasteiger partial charge in [-0.3, -0.25) is 14.2 Å². The van der Waals surface area contributed by atoms with E-state index in [9.17, 15) is 9.18 Å². The Hall–Kier alpha value is -2.83. The number of halogens is 1. The number of hydrogen-bond acceptors (Lipinski definition) is 4. The standard InChI is InChI=1S/C14H12FN5O/c1-9(13-19-18-12-4-2-3-7-20(12)13)17-14(21)10-5-6-16-8-11(10)15/h2-9H,1H3,(H,17,21). The van der Waals surface area contributed by atoms with Crippen molar-refractivity contribution in [3.63, 3.8) is 0 Å². The highest BCUT2D eigenvalue weighted by atomic mass is 19.1. The molecule has 0 fully saturated rings. The minimum absolute atomic E-state index is 0.0503. The smallest absolute Gasteiger partial charge is 0.254 e. The zero-order valence-electron chi connectivity index (χ0n) is 11.2. The molecule has 0 spiro atoms. The van der Waals surface area contributed by atoms with Crippen LogP contribution in [0.2, 0.25) is 0 Å². The molecular formula is C14H12FN5O. The number of carbonyl (C=O) groups excluding carboxylic acids is 1. The quantitative estimate of drug-likeness (QED) is 0.796. The Morgan fingerprint density at radius 2 is 2.19 bits per heavy atom. The van der Waals surface area contributed by atoms with E-state index >= 15 is 0 Å². The van der Waals surface area contributed by atoms with Gasteiger partial charge in [0.15, 0.2) is 17.3 Å². The number of pyridine rings is 2. The molecule has 3 rings (SSSR count). The summed E-state index contributed by atoms with van der Waals surface area (Å²) in [6, 6.07) is 6.43. The summed E-state index contributed by atoms with van der Waals surface area (Å²) in [6.07, 6.45) is 4.18. The Morgan fingerprint density at radius 1 is 1.33 bits per heavy atom. The summed E-state index contributed by atoms with van der Waals surface area (Å²) in [5.41, 5.74) is 0.634. The molecular weight excluding hydrogens is 273 g/mol. The maximum Gasteiger partial charge on any atom is 0.254 e. The lowest BCUT2D eigenvalue weighted by molar-refractivity contribution is 0.0934. The Bertz CT molecular complexity index is 801. The Kier molecular flexibility index (Phi) is 3.31. The summed E-state index contributed by atoms with van der Waals surface area (Å²) >= 11 is 0. The van der Waals surface area contributed by atoms with Crippen LogP contribution in [-0.2, 0) is 0 Å². The predicted molar refractivity (Wildman–Crippen MR) is 73.1 cm³/mol. The lowest BCUT2D eigenvalue weighted by Crippen LogP contribution is -2.28. The predicted octanol–water partition coefficient (Wildman–Crippen LogP) is 1.75. The first kappa shape index (κ1) is 13.2. The molecule has 0 radical (unpaired) electrons. The van der Waals surface area contributed by atoms with Gasteiger partial charge in [-0.1, -0.05) is 6.07 Å². The number of amides is 1. The van der Waals surface area contributed by atoms with Gasteiger partial charge < -0.3 is 5.32 Å². The van der Waals surface area contributed by atoms with Gasteiger partial charge in [0.2, 0.25) is 0 Å². The number of nitrogens with one attached hydrogen (secondary N) is 1. The highest BCUT2D eigenvalue weighted by Gasteiger charge is 2.18.